The van der Waals surface area contributed by atoms with E-state index in [2.05, 4.69) is 12.1 Å². The Morgan fingerprint density at radius 1 is 0.588 bits per heavy atom. The van der Waals surface area contributed by atoms with E-state index in [1.807, 2.05) is 66.7 Å². The van der Waals surface area contributed by atoms with Crippen molar-refractivity contribution in [2.45, 2.75) is 24.9 Å². The molecule has 34 heavy (non-hydrogen) atoms. The van der Waals surface area contributed by atoms with Crippen molar-refractivity contribution >= 4 is 0 Å². The number of rotatable bonds is 4. The van der Waals surface area contributed by atoms with Gasteiger partial charge in [0.05, 0.1) is 13.2 Å². The molecule has 0 atom stereocenters. The third kappa shape index (κ3) is 7.14. The van der Waals surface area contributed by atoms with Crippen LogP contribution >= 0.6 is 0 Å². The minimum absolute atomic E-state index is 0.0711. The molecule has 0 saturated heterocycles. The van der Waals surface area contributed by atoms with Gasteiger partial charge in [-0.2, -0.15) is 0 Å². The standard InChI is InChI=1S/C28H32O6/c29-28(16-8-11-23-9-2-1-3-10-23)21-33-26-14-6-4-12-24(26)31-19-17-30-18-20-32-25-13-5-7-15-27(25)34-22-28/h1-7,9-10,12-15,29H,8,11,16-22H2. The average Bonchev–Trinajstić information content (AvgIpc) is 2.87. The van der Waals surface area contributed by atoms with Gasteiger partial charge in [-0.15, -0.1) is 0 Å². The lowest BCUT2D eigenvalue weighted by Crippen LogP contribution is -2.42. The lowest BCUT2D eigenvalue weighted by molar-refractivity contribution is -0.0482. The molecule has 0 amide bonds. The summed E-state index contributed by atoms with van der Waals surface area (Å²) in [7, 11) is 0. The van der Waals surface area contributed by atoms with Crippen molar-refractivity contribution in [3.8, 4) is 23.0 Å². The number of benzene rings is 3. The van der Waals surface area contributed by atoms with Crippen LogP contribution in [0.1, 0.15) is 18.4 Å². The first-order chi connectivity index (χ1) is 16.7. The largest absolute Gasteiger partial charge is 0.487 e. The summed E-state index contributed by atoms with van der Waals surface area (Å²) in [5, 5.41) is 11.6. The lowest BCUT2D eigenvalue weighted by atomic mass is 9.96. The molecule has 0 bridgehead atoms. The van der Waals surface area contributed by atoms with Crippen LogP contribution < -0.4 is 18.9 Å². The van der Waals surface area contributed by atoms with E-state index in [1.165, 1.54) is 5.56 Å². The van der Waals surface area contributed by atoms with Crippen LogP contribution in [0.5, 0.6) is 23.0 Å². The van der Waals surface area contributed by atoms with Crippen molar-refractivity contribution in [2.75, 3.05) is 39.6 Å². The molecule has 0 spiro atoms. The first-order valence-corrected chi connectivity index (χ1v) is 11.8. The number of hydrogen-bond donors (Lipinski definition) is 1. The molecule has 6 nitrogen and oxygen atoms in total. The smallest absolute Gasteiger partial charge is 0.161 e. The fourth-order valence-electron chi connectivity index (χ4n) is 3.78. The molecule has 0 unspecified atom stereocenters. The molecule has 1 aliphatic rings. The second kappa shape index (κ2) is 12.3. The van der Waals surface area contributed by atoms with Gasteiger partial charge in [-0.05, 0) is 49.1 Å². The van der Waals surface area contributed by atoms with Crippen LogP contribution in [0, 0.1) is 0 Å². The number of aliphatic hydroxyl groups is 1. The van der Waals surface area contributed by atoms with E-state index in [0.717, 1.165) is 12.8 Å². The van der Waals surface area contributed by atoms with Crippen LogP contribution in [0.25, 0.3) is 0 Å². The highest BCUT2D eigenvalue weighted by Crippen LogP contribution is 2.30. The topological polar surface area (TPSA) is 66.4 Å². The van der Waals surface area contributed by atoms with Crippen LogP contribution in [-0.2, 0) is 11.2 Å². The maximum absolute atomic E-state index is 11.6. The van der Waals surface area contributed by atoms with Crippen LogP contribution in [0.3, 0.4) is 0 Å². The molecule has 1 aliphatic heterocycles. The lowest BCUT2D eigenvalue weighted by Gasteiger charge is -2.29. The van der Waals surface area contributed by atoms with Crippen molar-refractivity contribution in [2.24, 2.45) is 0 Å². The second-order valence-electron chi connectivity index (χ2n) is 8.34. The molecule has 180 valence electrons. The molecule has 0 fully saturated rings. The van der Waals surface area contributed by atoms with Crippen LogP contribution in [0.4, 0.5) is 0 Å². The Labute approximate surface area is 201 Å². The zero-order valence-electron chi connectivity index (χ0n) is 19.4. The van der Waals surface area contributed by atoms with Crippen LogP contribution in [-0.4, -0.2) is 50.3 Å². The van der Waals surface area contributed by atoms with Crippen molar-refractivity contribution < 1.29 is 28.8 Å². The quantitative estimate of drug-likeness (QED) is 0.605. The monoisotopic (exact) mass is 464 g/mol. The van der Waals surface area contributed by atoms with Gasteiger partial charge >= 0.3 is 0 Å². The predicted molar refractivity (Wildman–Crippen MR) is 130 cm³/mol. The molecule has 0 aliphatic carbocycles. The number of ether oxygens (including phenoxy) is 5. The molecule has 3 aromatic rings. The van der Waals surface area contributed by atoms with Gasteiger partial charge in [-0.25, -0.2) is 0 Å². The van der Waals surface area contributed by atoms with Crippen molar-refractivity contribution in [3.63, 3.8) is 0 Å². The molecule has 0 saturated carbocycles. The Kier molecular flexibility index (Phi) is 8.65. The van der Waals surface area contributed by atoms with Gasteiger partial charge in [0.2, 0.25) is 0 Å². The highest BCUT2D eigenvalue weighted by atomic mass is 16.6. The Balaban J connectivity index is 1.50. The van der Waals surface area contributed by atoms with Gasteiger partial charge in [0.15, 0.2) is 23.0 Å². The second-order valence-corrected chi connectivity index (χ2v) is 8.34. The summed E-state index contributed by atoms with van der Waals surface area (Å²) < 4.78 is 29.4. The van der Waals surface area contributed by atoms with Crippen molar-refractivity contribution in [1.29, 1.82) is 0 Å². The van der Waals surface area contributed by atoms with Crippen molar-refractivity contribution in [1.82, 2.24) is 0 Å². The van der Waals surface area contributed by atoms with E-state index in [0.29, 0.717) is 55.8 Å². The Hall–Kier alpha value is -3.22. The molecule has 6 heteroatoms. The van der Waals surface area contributed by atoms with E-state index in [-0.39, 0.29) is 13.2 Å². The first kappa shape index (κ1) is 23.9. The third-order valence-electron chi connectivity index (χ3n) is 5.61. The average molecular weight is 465 g/mol. The first-order valence-electron chi connectivity index (χ1n) is 11.8. The summed E-state index contributed by atoms with van der Waals surface area (Å²) in [5.41, 5.74) is 0.0377. The minimum atomic E-state index is -1.20. The van der Waals surface area contributed by atoms with Crippen LogP contribution in [0.15, 0.2) is 78.9 Å². The minimum Gasteiger partial charge on any atom is -0.487 e. The molecular weight excluding hydrogens is 432 g/mol. The Morgan fingerprint density at radius 3 is 1.59 bits per heavy atom. The summed E-state index contributed by atoms with van der Waals surface area (Å²) in [5.74, 6) is 2.40. The number of aryl methyl sites for hydroxylation is 1. The summed E-state index contributed by atoms with van der Waals surface area (Å²) in [6, 6.07) is 25.2. The number of para-hydroxylation sites is 4. The molecule has 0 aromatic heterocycles. The zero-order chi connectivity index (χ0) is 23.5. The highest BCUT2D eigenvalue weighted by molar-refractivity contribution is 5.40. The molecular formula is C28H32O6. The molecule has 1 heterocycles. The number of hydrogen-bond acceptors (Lipinski definition) is 6. The van der Waals surface area contributed by atoms with Crippen molar-refractivity contribution in [3.05, 3.63) is 84.4 Å². The van der Waals surface area contributed by atoms with Gasteiger partial charge in [0.25, 0.3) is 0 Å². The van der Waals surface area contributed by atoms with Gasteiger partial charge in [0.1, 0.15) is 32.0 Å². The van der Waals surface area contributed by atoms with E-state index in [9.17, 15) is 5.11 Å². The Morgan fingerprint density at radius 2 is 1.06 bits per heavy atom. The maximum Gasteiger partial charge on any atom is 0.161 e. The fourth-order valence-corrected chi connectivity index (χ4v) is 3.78. The van der Waals surface area contributed by atoms with E-state index >= 15 is 0 Å². The molecule has 1 N–H and O–H groups in total. The van der Waals surface area contributed by atoms with E-state index < -0.39 is 5.60 Å². The highest BCUT2D eigenvalue weighted by Gasteiger charge is 2.30. The summed E-state index contributed by atoms with van der Waals surface area (Å²) >= 11 is 0. The van der Waals surface area contributed by atoms with Crippen LogP contribution in [0.2, 0.25) is 0 Å². The van der Waals surface area contributed by atoms with Gasteiger partial charge < -0.3 is 28.8 Å². The third-order valence-corrected chi connectivity index (χ3v) is 5.61. The SMILES string of the molecule is OC1(CCCc2ccccc2)COc2ccccc2OCCOCCOc2ccccc2OC1. The molecule has 0 radical (unpaired) electrons. The van der Waals surface area contributed by atoms with E-state index in [1.54, 1.807) is 0 Å². The number of fused-ring (bicyclic) bond motifs is 2. The molecule has 4 rings (SSSR count). The van der Waals surface area contributed by atoms with Gasteiger partial charge in [0, 0.05) is 0 Å². The molecule has 3 aromatic carbocycles. The summed E-state index contributed by atoms with van der Waals surface area (Å²) in [6.45, 7) is 1.78. The zero-order valence-corrected chi connectivity index (χ0v) is 19.4. The van der Waals surface area contributed by atoms with Gasteiger partial charge in [-0.3, -0.25) is 0 Å². The summed E-state index contributed by atoms with van der Waals surface area (Å²) in [4.78, 5) is 0. The Bertz CT molecular complexity index is 951. The maximum atomic E-state index is 11.6. The summed E-state index contributed by atoms with van der Waals surface area (Å²) in [6.07, 6.45) is 2.17. The normalized spacial score (nSPS) is 16.5. The fraction of sp³-hybridized carbons (Fsp3) is 0.357. The van der Waals surface area contributed by atoms with Gasteiger partial charge in [-0.1, -0.05) is 54.6 Å². The van der Waals surface area contributed by atoms with E-state index in [4.69, 9.17) is 23.7 Å². The predicted octanol–water partition coefficient (Wildman–Crippen LogP) is 4.69.